The smallest absolute Gasteiger partial charge is 0.278 e. The highest BCUT2D eigenvalue weighted by Gasteiger charge is 2.39. The lowest BCUT2D eigenvalue weighted by Gasteiger charge is -2.36. The van der Waals surface area contributed by atoms with E-state index in [1.807, 2.05) is 12.1 Å². The molecule has 0 aliphatic carbocycles. The maximum Gasteiger partial charge on any atom is 0.278 e. The molecule has 0 unspecified atom stereocenters. The van der Waals surface area contributed by atoms with Crippen LogP contribution in [-0.4, -0.2) is 16.8 Å². The fourth-order valence-corrected chi connectivity index (χ4v) is 2.90. The van der Waals surface area contributed by atoms with Gasteiger partial charge in [0.25, 0.3) is 5.91 Å². The highest BCUT2D eigenvalue weighted by atomic mass is 16.5. The Bertz CT molecular complexity index is 845. The molecule has 114 valence electrons. The van der Waals surface area contributed by atoms with Crippen LogP contribution >= 0.6 is 0 Å². The lowest BCUT2D eigenvalue weighted by molar-refractivity contribution is -0.126. The zero-order valence-electron chi connectivity index (χ0n) is 12.1. The van der Waals surface area contributed by atoms with Crippen molar-refractivity contribution in [2.45, 2.75) is 12.5 Å². The number of hydrogen-bond donors (Lipinski definition) is 1. The molecular weight excluding hydrogens is 294 g/mol. The van der Waals surface area contributed by atoms with E-state index in [9.17, 15) is 9.59 Å². The molecule has 6 nitrogen and oxygen atoms in total. The third kappa shape index (κ3) is 2.07. The average Bonchev–Trinajstić information content (AvgIpc) is 2.58. The maximum atomic E-state index is 12.8. The number of nitrogens with two attached hydrogens (primary N) is 1. The summed E-state index contributed by atoms with van der Waals surface area (Å²) in [5, 5.41) is 0. The summed E-state index contributed by atoms with van der Waals surface area (Å²) in [6, 6.07) is 10.8. The summed E-state index contributed by atoms with van der Waals surface area (Å²) in [7, 11) is 0. The van der Waals surface area contributed by atoms with Crippen molar-refractivity contribution in [3.63, 3.8) is 0 Å². The summed E-state index contributed by atoms with van der Waals surface area (Å²) in [5.41, 5.74) is 7.83. The molecule has 2 aliphatic rings. The van der Waals surface area contributed by atoms with Crippen LogP contribution in [0.5, 0.6) is 5.75 Å². The monoisotopic (exact) mass is 307 g/mol. The molecule has 1 aromatic carbocycles. The van der Waals surface area contributed by atoms with E-state index in [0.717, 1.165) is 5.56 Å². The molecule has 0 saturated carbocycles. The second-order valence-electron chi connectivity index (χ2n) is 5.42. The Hall–Kier alpha value is -3.15. The van der Waals surface area contributed by atoms with Gasteiger partial charge in [0, 0.05) is 24.4 Å². The van der Waals surface area contributed by atoms with Gasteiger partial charge in [-0.1, -0.05) is 18.2 Å². The first-order chi connectivity index (χ1) is 11.1. The number of carbonyl (C=O) groups excluding carboxylic acids is 2. The van der Waals surface area contributed by atoms with Gasteiger partial charge < -0.3 is 10.5 Å². The van der Waals surface area contributed by atoms with Crippen LogP contribution in [0.25, 0.3) is 0 Å². The van der Waals surface area contributed by atoms with E-state index in [4.69, 9.17) is 10.5 Å². The van der Waals surface area contributed by atoms with Crippen LogP contribution in [0.2, 0.25) is 0 Å². The van der Waals surface area contributed by atoms with Crippen molar-refractivity contribution in [2.75, 3.05) is 4.90 Å². The number of ether oxygens (including phenoxy) is 1. The molecule has 6 heteroatoms. The van der Waals surface area contributed by atoms with Crippen LogP contribution in [0.4, 0.5) is 5.69 Å². The lowest BCUT2D eigenvalue weighted by Crippen LogP contribution is -2.41. The number of carbonyl (C=O) groups is 2. The van der Waals surface area contributed by atoms with Crippen LogP contribution in [0.3, 0.4) is 0 Å². The first kappa shape index (κ1) is 13.5. The number of primary amides is 1. The largest absolute Gasteiger partial charge is 0.472 e. The number of amides is 2. The van der Waals surface area contributed by atoms with Gasteiger partial charge in [-0.15, -0.1) is 0 Å². The summed E-state index contributed by atoms with van der Waals surface area (Å²) in [4.78, 5) is 30.1. The molecule has 4 rings (SSSR count). The van der Waals surface area contributed by atoms with Crippen LogP contribution in [0.1, 0.15) is 17.4 Å². The van der Waals surface area contributed by atoms with Gasteiger partial charge in [0.1, 0.15) is 5.75 Å². The predicted molar refractivity (Wildman–Crippen MR) is 82.5 cm³/mol. The standard InChI is InChI=1S/C17H13N3O3/c18-16(21)11-8-10-4-3-6-13-14(10)20(9-11)17(22)15(23-13)12-5-1-2-7-19-12/h1-7,9,15H,8H2,(H2,18,21)/t15-/m0/s1. The minimum absolute atomic E-state index is 0.290. The molecule has 1 aromatic heterocycles. The van der Waals surface area contributed by atoms with Gasteiger partial charge in [0.2, 0.25) is 12.0 Å². The molecule has 0 spiro atoms. The molecule has 3 heterocycles. The average molecular weight is 307 g/mol. The number of nitrogens with zero attached hydrogens (tertiary/aromatic N) is 2. The Morgan fingerprint density at radius 2 is 2.13 bits per heavy atom. The zero-order valence-corrected chi connectivity index (χ0v) is 12.1. The first-order valence-electron chi connectivity index (χ1n) is 7.18. The van der Waals surface area contributed by atoms with Gasteiger partial charge in [-0.05, 0) is 23.8 Å². The predicted octanol–water partition coefficient (Wildman–Crippen LogP) is 1.47. The summed E-state index contributed by atoms with van der Waals surface area (Å²) in [6.07, 6.45) is 2.66. The van der Waals surface area contributed by atoms with Crippen LogP contribution in [-0.2, 0) is 16.0 Å². The Balaban J connectivity index is 1.86. The molecule has 0 fully saturated rings. The van der Waals surface area contributed by atoms with Gasteiger partial charge in [-0.3, -0.25) is 19.5 Å². The Kier molecular flexibility index (Phi) is 2.90. The minimum atomic E-state index is -0.845. The van der Waals surface area contributed by atoms with E-state index in [1.165, 1.54) is 11.1 Å². The number of anilines is 1. The quantitative estimate of drug-likeness (QED) is 0.910. The van der Waals surface area contributed by atoms with E-state index in [2.05, 4.69) is 4.98 Å². The van der Waals surface area contributed by atoms with Crippen molar-refractivity contribution in [2.24, 2.45) is 5.73 Å². The Labute approximate surface area is 132 Å². The van der Waals surface area contributed by atoms with Gasteiger partial charge in [0.15, 0.2) is 0 Å². The first-order valence-corrected chi connectivity index (χ1v) is 7.18. The third-order valence-electron chi connectivity index (χ3n) is 3.97. The van der Waals surface area contributed by atoms with Gasteiger partial charge in [-0.2, -0.15) is 0 Å². The fraction of sp³-hybridized carbons (Fsp3) is 0.118. The highest BCUT2D eigenvalue weighted by Crippen LogP contribution is 2.43. The second-order valence-corrected chi connectivity index (χ2v) is 5.42. The summed E-state index contributed by atoms with van der Waals surface area (Å²) < 4.78 is 5.87. The number of hydrogen-bond acceptors (Lipinski definition) is 4. The fourth-order valence-electron chi connectivity index (χ4n) is 2.90. The van der Waals surface area contributed by atoms with E-state index in [-0.39, 0.29) is 5.91 Å². The molecule has 2 aliphatic heterocycles. The molecule has 1 atom stereocenters. The molecule has 0 saturated heterocycles. The number of para-hydroxylation sites is 1. The van der Waals surface area contributed by atoms with Crippen molar-refractivity contribution in [3.05, 3.63) is 65.6 Å². The molecule has 2 amide bonds. The summed E-state index contributed by atoms with van der Waals surface area (Å²) >= 11 is 0. The van der Waals surface area contributed by atoms with Crippen molar-refractivity contribution < 1.29 is 14.3 Å². The Morgan fingerprint density at radius 1 is 1.26 bits per heavy atom. The van der Waals surface area contributed by atoms with Gasteiger partial charge in [-0.25, -0.2) is 0 Å². The molecule has 2 aromatic rings. The molecule has 0 bridgehead atoms. The normalized spacial score (nSPS) is 18.8. The van der Waals surface area contributed by atoms with Gasteiger partial charge >= 0.3 is 0 Å². The van der Waals surface area contributed by atoms with Crippen molar-refractivity contribution >= 4 is 17.5 Å². The summed E-state index contributed by atoms with van der Waals surface area (Å²) in [6.45, 7) is 0. The van der Waals surface area contributed by atoms with E-state index < -0.39 is 12.0 Å². The van der Waals surface area contributed by atoms with Crippen molar-refractivity contribution in [1.29, 1.82) is 0 Å². The maximum absolute atomic E-state index is 12.8. The number of aromatic nitrogens is 1. The zero-order chi connectivity index (χ0) is 16.0. The number of pyridine rings is 1. The van der Waals surface area contributed by atoms with Crippen LogP contribution in [0.15, 0.2) is 54.4 Å². The SMILES string of the molecule is NC(=O)C1=CN2C(=O)[C@H](c3ccccn3)Oc3cccc(c32)C1. The van der Waals surface area contributed by atoms with E-state index in [0.29, 0.717) is 29.1 Å². The van der Waals surface area contributed by atoms with Crippen LogP contribution < -0.4 is 15.4 Å². The van der Waals surface area contributed by atoms with Crippen LogP contribution in [0, 0.1) is 0 Å². The van der Waals surface area contributed by atoms with Crippen molar-refractivity contribution in [1.82, 2.24) is 4.98 Å². The number of benzene rings is 1. The van der Waals surface area contributed by atoms with E-state index >= 15 is 0 Å². The molecule has 0 radical (unpaired) electrons. The minimum Gasteiger partial charge on any atom is -0.472 e. The Morgan fingerprint density at radius 3 is 2.87 bits per heavy atom. The lowest BCUT2D eigenvalue weighted by atomic mass is 9.96. The second kappa shape index (κ2) is 4.95. The van der Waals surface area contributed by atoms with Crippen molar-refractivity contribution in [3.8, 4) is 5.75 Å². The van der Waals surface area contributed by atoms with Gasteiger partial charge in [0.05, 0.1) is 11.4 Å². The molecule has 23 heavy (non-hydrogen) atoms. The summed E-state index contributed by atoms with van der Waals surface area (Å²) in [5.74, 6) is -0.227. The topological polar surface area (TPSA) is 85.5 Å². The molecular formula is C17H13N3O3. The third-order valence-corrected chi connectivity index (χ3v) is 3.97. The highest BCUT2D eigenvalue weighted by molar-refractivity contribution is 6.06. The molecule has 2 N–H and O–H groups in total. The van der Waals surface area contributed by atoms with E-state index in [1.54, 1.807) is 30.5 Å². The number of rotatable bonds is 2.